The van der Waals surface area contributed by atoms with Crippen molar-refractivity contribution in [2.45, 2.75) is 37.8 Å². The summed E-state index contributed by atoms with van der Waals surface area (Å²) in [6.07, 6.45) is 4.99. The van der Waals surface area contributed by atoms with E-state index in [1.54, 1.807) is 12.1 Å². The van der Waals surface area contributed by atoms with E-state index in [2.05, 4.69) is 15.3 Å². The van der Waals surface area contributed by atoms with Crippen LogP contribution in [0.25, 0.3) is 0 Å². The molecule has 2 aromatic rings. The average Bonchev–Trinajstić information content (AvgIpc) is 2.87. The molecule has 2 atom stereocenters. The van der Waals surface area contributed by atoms with E-state index in [-0.39, 0.29) is 11.3 Å². The minimum absolute atomic E-state index is 0.0810. The number of rotatable bonds is 13. The molecular weight excluding hydrogens is 490 g/mol. The lowest BCUT2D eigenvalue weighted by Crippen LogP contribution is -2.31. The smallest absolute Gasteiger partial charge is 0.355 e. The van der Waals surface area contributed by atoms with Crippen molar-refractivity contribution in [2.24, 2.45) is 11.5 Å². The molecule has 14 nitrogen and oxygen atoms in total. The topological polar surface area (TPSA) is 259 Å². The lowest BCUT2D eigenvalue weighted by Gasteiger charge is -2.10. The Kier molecular flexibility index (Phi) is 17.2. The number of hydrogen-bond acceptors (Lipinski definition) is 10. The Morgan fingerprint density at radius 2 is 1.54 bits per heavy atom. The van der Waals surface area contributed by atoms with Crippen LogP contribution >= 0.6 is 0 Å². The number of nitrogens with zero attached hydrogens (tertiary/aromatic N) is 2. The highest BCUT2D eigenvalue weighted by molar-refractivity contribution is 6.00. The number of aliphatic carboxylic acids is 1. The fourth-order valence-electron chi connectivity index (χ4n) is 2.54. The Labute approximate surface area is 213 Å². The van der Waals surface area contributed by atoms with Gasteiger partial charge in [-0.05, 0) is 56.6 Å². The summed E-state index contributed by atoms with van der Waals surface area (Å²) in [6.45, 7) is 1.77. The maximum Gasteiger partial charge on any atom is 0.355 e. The largest absolute Gasteiger partial charge is 0.480 e. The third kappa shape index (κ3) is 15.6. The molecule has 0 aliphatic carbocycles. The van der Waals surface area contributed by atoms with Crippen molar-refractivity contribution in [1.82, 2.24) is 15.3 Å². The molecule has 37 heavy (non-hydrogen) atoms. The number of carboxylic acid groups (broad SMARTS) is 4. The molecule has 2 heterocycles. The van der Waals surface area contributed by atoms with Crippen LogP contribution in [0.3, 0.4) is 0 Å². The van der Waals surface area contributed by atoms with Crippen molar-refractivity contribution in [3.05, 3.63) is 59.7 Å². The van der Waals surface area contributed by atoms with Crippen LogP contribution < -0.4 is 16.8 Å². The molecule has 0 aromatic carbocycles. The molecule has 0 fully saturated rings. The number of hydrogen-bond donors (Lipinski definition) is 8. The first-order chi connectivity index (χ1) is 17.5. The highest BCUT2D eigenvalue weighted by Crippen LogP contribution is 2.04. The average molecular weight is 524 g/mol. The third-order valence-electron chi connectivity index (χ3n) is 4.44. The number of aliphatic hydroxyl groups excluding tert-OH is 1. The second kappa shape index (κ2) is 19.2. The monoisotopic (exact) mass is 523 g/mol. The van der Waals surface area contributed by atoms with E-state index in [9.17, 15) is 24.3 Å². The molecule has 0 spiro atoms. The zero-order valence-corrected chi connectivity index (χ0v) is 20.1. The summed E-state index contributed by atoms with van der Waals surface area (Å²) in [5, 5.41) is 46.3. The molecule has 204 valence electrons. The molecule has 0 aliphatic rings. The SMILES string of the molecule is NCC[C@H](O)CNCCCC[C@H](N)C(=O)O.O=C(O)c1ccccn1.O=C(O)c1cccnc1C(=O)O. The molecule has 0 aliphatic heterocycles. The number of nitrogens with two attached hydrogens (primary N) is 2. The highest BCUT2D eigenvalue weighted by Gasteiger charge is 2.15. The molecule has 0 amide bonds. The van der Waals surface area contributed by atoms with Gasteiger partial charge in [0.05, 0.1) is 11.7 Å². The van der Waals surface area contributed by atoms with Gasteiger partial charge in [0, 0.05) is 18.9 Å². The van der Waals surface area contributed by atoms with Crippen molar-refractivity contribution in [3.63, 3.8) is 0 Å². The van der Waals surface area contributed by atoms with Gasteiger partial charge in [-0.15, -0.1) is 0 Å². The molecule has 14 heteroatoms. The number of nitrogens with one attached hydrogen (secondary N) is 1. The maximum absolute atomic E-state index is 10.4. The van der Waals surface area contributed by atoms with Gasteiger partial charge in [0.2, 0.25) is 0 Å². The summed E-state index contributed by atoms with van der Waals surface area (Å²) >= 11 is 0. The summed E-state index contributed by atoms with van der Waals surface area (Å²) in [4.78, 5) is 48.4. The zero-order chi connectivity index (χ0) is 28.2. The first-order valence-electron chi connectivity index (χ1n) is 11.1. The third-order valence-corrected chi connectivity index (χ3v) is 4.44. The minimum Gasteiger partial charge on any atom is -0.480 e. The summed E-state index contributed by atoms with van der Waals surface area (Å²) in [5.74, 6) is -4.57. The van der Waals surface area contributed by atoms with Crippen molar-refractivity contribution in [1.29, 1.82) is 0 Å². The van der Waals surface area contributed by atoms with Crippen molar-refractivity contribution in [2.75, 3.05) is 19.6 Å². The molecule has 0 saturated heterocycles. The number of aromatic nitrogens is 2. The quantitative estimate of drug-likeness (QED) is 0.162. The Morgan fingerprint density at radius 3 is 2.00 bits per heavy atom. The van der Waals surface area contributed by atoms with Crippen LogP contribution in [-0.2, 0) is 4.79 Å². The zero-order valence-electron chi connectivity index (χ0n) is 20.1. The van der Waals surface area contributed by atoms with Crippen LogP contribution in [0.5, 0.6) is 0 Å². The normalized spacial score (nSPS) is 11.5. The lowest BCUT2D eigenvalue weighted by molar-refractivity contribution is -0.138. The summed E-state index contributed by atoms with van der Waals surface area (Å²) in [6, 6.07) is 6.56. The first kappa shape index (κ1) is 33.0. The molecule has 2 aromatic heterocycles. The van der Waals surface area contributed by atoms with Crippen molar-refractivity contribution < 1.29 is 44.7 Å². The lowest BCUT2D eigenvalue weighted by atomic mass is 10.1. The summed E-state index contributed by atoms with van der Waals surface area (Å²) in [5.41, 5.74) is 9.97. The molecule has 2 rings (SSSR count). The van der Waals surface area contributed by atoms with Gasteiger partial charge >= 0.3 is 23.9 Å². The highest BCUT2D eigenvalue weighted by atomic mass is 16.4. The van der Waals surface area contributed by atoms with E-state index < -0.39 is 41.7 Å². The van der Waals surface area contributed by atoms with E-state index in [1.807, 2.05) is 0 Å². The minimum atomic E-state index is -1.34. The van der Waals surface area contributed by atoms with E-state index >= 15 is 0 Å². The Balaban J connectivity index is 0.000000546. The number of pyridine rings is 2. The standard InChI is InChI=1S/C10H23N3O3.C7H5NO4.C6H5NO2/c11-5-4-8(14)7-13-6-2-1-3-9(12)10(15)16;9-6(10)4-2-1-3-8-5(4)7(11)12;8-6(9)5-3-1-2-4-7-5/h8-9,13-14H,1-7,11-12H2,(H,15,16);1-3H,(H,9,10)(H,11,12);1-4H,(H,8,9)/t8-,9-;;/m0../s1. The fourth-order valence-corrected chi connectivity index (χ4v) is 2.54. The van der Waals surface area contributed by atoms with E-state index in [0.29, 0.717) is 25.9 Å². The van der Waals surface area contributed by atoms with Gasteiger partial charge in [0.25, 0.3) is 0 Å². The number of aromatic carboxylic acids is 3. The Hall–Kier alpha value is -3.98. The van der Waals surface area contributed by atoms with E-state index in [4.69, 9.17) is 31.9 Å². The molecule has 0 saturated carbocycles. The maximum atomic E-state index is 10.4. The van der Waals surface area contributed by atoms with Gasteiger partial charge in [-0.25, -0.2) is 24.4 Å². The predicted molar refractivity (Wildman–Crippen MR) is 131 cm³/mol. The number of carboxylic acids is 4. The van der Waals surface area contributed by atoms with Gasteiger partial charge in [-0.1, -0.05) is 12.5 Å². The molecule has 0 radical (unpaired) electrons. The van der Waals surface area contributed by atoms with Gasteiger partial charge < -0.3 is 42.3 Å². The van der Waals surface area contributed by atoms with Gasteiger partial charge in [0.1, 0.15) is 11.7 Å². The van der Waals surface area contributed by atoms with Crippen molar-refractivity contribution >= 4 is 23.9 Å². The fraction of sp³-hybridized carbons (Fsp3) is 0.391. The molecule has 0 unspecified atom stereocenters. The second-order valence-corrected chi connectivity index (χ2v) is 7.41. The number of aliphatic hydroxyl groups is 1. The van der Waals surface area contributed by atoms with Crippen LogP contribution in [-0.4, -0.2) is 91.2 Å². The van der Waals surface area contributed by atoms with Crippen LogP contribution in [0.4, 0.5) is 0 Å². The van der Waals surface area contributed by atoms with Crippen LogP contribution in [0.2, 0.25) is 0 Å². The van der Waals surface area contributed by atoms with Crippen molar-refractivity contribution in [3.8, 4) is 0 Å². The van der Waals surface area contributed by atoms with Gasteiger partial charge in [-0.3, -0.25) is 4.79 Å². The van der Waals surface area contributed by atoms with Crippen LogP contribution in [0, 0.1) is 0 Å². The number of unbranched alkanes of at least 4 members (excludes halogenated alkanes) is 1. The van der Waals surface area contributed by atoms with E-state index in [0.717, 1.165) is 19.4 Å². The van der Waals surface area contributed by atoms with Gasteiger partial charge in [0.15, 0.2) is 5.69 Å². The Morgan fingerprint density at radius 1 is 0.865 bits per heavy atom. The van der Waals surface area contributed by atoms with Crippen LogP contribution in [0.15, 0.2) is 42.7 Å². The second-order valence-electron chi connectivity index (χ2n) is 7.41. The first-order valence-corrected chi connectivity index (χ1v) is 11.1. The molecular formula is C23H33N5O9. The Bertz CT molecular complexity index is 943. The van der Waals surface area contributed by atoms with Gasteiger partial charge in [-0.2, -0.15) is 0 Å². The molecule has 10 N–H and O–H groups in total. The summed E-state index contributed by atoms with van der Waals surface area (Å²) in [7, 11) is 0. The number of carbonyl (C=O) groups is 4. The van der Waals surface area contributed by atoms with Crippen LogP contribution in [0.1, 0.15) is 57.0 Å². The predicted octanol–water partition coefficient (Wildman–Crippen LogP) is 0.126. The molecule has 0 bridgehead atoms. The summed E-state index contributed by atoms with van der Waals surface area (Å²) < 4.78 is 0. The van der Waals surface area contributed by atoms with E-state index in [1.165, 1.54) is 30.6 Å².